The van der Waals surface area contributed by atoms with Crippen LogP contribution >= 0.6 is 11.8 Å². The van der Waals surface area contributed by atoms with E-state index in [0.717, 1.165) is 12.6 Å². The molecule has 1 aromatic carbocycles. The van der Waals surface area contributed by atoms with Gasteiger partial charge in [0.05, 0.1) is 5.56 Å². The normalized spacial score (nSPS) is 17.6. The molecule has 1 aromatic rings. The van der Waals surface area contributed by atoms with Gasteiger partial charge in [-0.15, -0.1) is 0 Å². The smallest absolute Gasteiger partial charge is 0.312 e. The van der Waals surface area contributed by atoms with Crippen molar-refractivity contribution in [3.8, 4) is 0 Å². The summed E-state index contributed by atoms with van der Waals surface area (Å²) in [6, 6.07) is 5.54. The van der Waals surface area contributed by atoms with Crippen molar-refractivity contribution in [2.24, 2.45) is 5.92 Å². The van der Waals surface area contributed by atoms with Crippen LogP contribution in [0.5, 0.6) is 0 Å². The molecular weight excluding hydrogens is 271 g/mol. The first kappa shape index (κ1) is 14.7. The Morgan fingerprint density at radius 3 is 2.63 bits per heavy atom. The van der Waals surface area contributed by atoms with E-state index in [2.05, 4.69) is 5.32 Å². The Labute approximate surface area is 116 Å². The number of hydrogen-bond acceptors (Lipinski definition) is 2. The van der Waals surface area contributed by atoms with E-state index in [1.54, 1.807) is 6.07 Å². The van der Waals surface area contributed by atoms with Crippen molar-refractivity contribution in [2.45, 2.75) is 25.6 Å². The van der Waals surface area contributed by atoms with E-state index in [-0.39, 0.29) is 0 Å². The summed E-state index contributed by atoms with van der Waals surface area (Å²) in [7, 11) is 0. The van der Waals surface area contributed by atoms with Crippen LogP contribution in [-0.4, -0.2) is 18.1 Å². The Kier molecular flexibility index (Phi) is 5.16. The number of benzene rings is 1. The van der Waals surface area contributed by atoms with Crippen LogP contribution in [0.1, 0.15) is 24.0 Å². The molecule has 0 amide bonds. The topological polar surface area (TPSA) is 12.0 Å². The molecule has 1 N–H and O–H groups in total. The minimum absolute atomic E-state index is 0.508. The zero-order valence-electron chi connectivity index (χ0n) is 10.7. The molecule has 0 aromatic heterocycles. The molecule has 5 heteroatoms. The van der Waals surface area contributed by atoms with Crippen LogP contribution in [0.2, 0.25) is 0 Å². The van der Waals surface area contributed by atoms with Gasteiger partial charge in [-0.2, -0.15) is 24.9 Å². The predicted octanol–water partition coefficient (Wildman–Crippen LogP) is 3.94. The molecule has 0 radical (unpaired) electrons. The van der Waals surface area contributed by atoms with E-state index in [1.165, 1.54) is 36.5 Å². The number of alkyl halides is 3. The van der Waals surface area contributed by atoms with Crippen LogP contribution in [0, 0.1) is 5.92 Å². The Morgan fingerprint density at radius 2 is 1.95 bits per heavy atom. The van der Waals surface area contributed by atoms with Crippen LogP contribution in [0.15, 0.2) is 24.3 Å². The lowest BCUT2D eigenvalue weighted by molar-refractivity contribution is -0.137. The molecule has 0 unspecified atom stereocenters. The number of rotatable bonds is 4. The van der Waals surface area contributed by atoms with Crippen molar-refractivity contribution < 1.29 is 13.2 Å². The molecule has 1 heterocycles. The SMILES string of the molecule is FC(F)(F)c1cccc(CNCC2CCSCC2)c1. The van der Waals surface area contributed by atoms with E-state index < -0.39 is 11.7 Å². The van der Waals surface area contributed by atoms with Gasteiger partial charge in [0.25, 0.3) is 0 Å². The van der Waals surface area contributed by atoms with Gasteiger partial charge in [-0.1, -0.05) is 18.2 Å². The standard InChI is InChI=1S/C14H18F3NS/c15-14(16,17)13-3-1-2-12(8-13)10-18-9-11-4-6-19-7-5-11/h1-3,8,11,18H,4-7,9-10H2. The molecule has 0 atom stereocenters. The van der Waals surface area contributed by atoms with Gasteiger partial charge in [0.2, 0.25) is 0 Å². The van der Waals surface area contributed by atoms with Crippen molar-refractivity contribution >= 4 is 11.8 Å². The molecule has 1 aliphatic rings. The number of hydrogen-bond donors (Lipinski definition) is 1. The average Bonchev–Trinajstić information content (AvgIpc) is 2.39. The molecule has 0 spiro atoms. The molecule has 1 saturated heterocycles. The lowest BCUT2D eigenvalue weighted by Gasteiger charge is -2.21. The molecule has 1 fully saturated rings. The fourth-order valence-electron chi connectivity index (χ4n) is 2.23. The molecule has 0 bridgehead atoms. The van der Waals surface area contributed by atoms with Gasteiger partial charge in [0.15, 0.2) is 0 Å². The highest BCUT2D eigenvalue weighted by molar-refractivity contribution is 7.99. The summed E-state index contributed by atoms with van der Waals surface area (Å²) >= 11 is 1.98. The zero-order valence-corrected chi connectivity index (χ0v) is 11.5. The fraction of sp³-hybridized carbons (Fsp3) is 0.571. The van der Waals surface area contributed by atoms with Crippen molar-refractivity contribution in [3.63, 3.8) is 0 Å². The maximum Gasteiger partial charge on any atom is 0.416 e. The zero-order chi connectivity index (χ0) is 13.7. The first-order chi connectivity index (χ1) is 9.05. The van der Waals surface area contributed by atoms with Gasteiger partial charge in [0, 0.05) is 6.54 Å². The fourth-order valence-corrected chi connectivity index (χ4v) is 3.43. The van der Waals surface area contributed by atoms with Crippen LogP contribution in [-0.2, 0) is 12.7 Å². The minimum Gasteiger partial charge on any atom is -0.312 e. The maximum absolute atomic E-state index is 12.6. The predicted molar refractivity (Wildman–Crippen MR) is 73.2 cm³/mol. The van der Waals surface area contributed by atoms with Crippen LogP contribution in [0.25, 0.3) is 0 Å². The Hall–Kier alpha value is -0.680. The summed E-state index contributed by atoms with van der Waals surface area (Å²) in [6.07, 6.45) is -1.84. The number of thioether (sulfide) groups is 1. The summed E-state index contributed by atoms with van der Waals surface area (Å²) < 4.78 is 37.7. The Bertz CT molecular complexity index is 400. The third-order valence-electron chi connectivity index (χ3n) is 3.36. The van der Waals surface area contributed by atoms with Crippen molar-refractivity contribution in [2.75, 3.05) is 18.1 Å². The summed E-state index contributed by atoms with van der Waals surface area (Å²) in [5, 5.41) is 3.27. The van der Waals surface area contributed by atoms with Gasteiger partial charge < -0.3 is 5.32 Å². The van der Waals surface area contributed by atoms with E-state index in [9.17, 15) is 13.2 Å². The average molecular weight is 289 g/mol. The summed E-state index contributed by atoms with van der Waals surface area (Å²) in [6.45, 7) is 1.41. The highest BCUT2D eigenvalue weighted by atomic mass is 32.2. The minimum atomic E-state index is -4.25. The van der Waals surface area contributed by atoms with E-state index >= 15 is 0 Å². The molecule has 0 aliphatic carbocycles. The monoisotopic (exact) mass is 289 g/mol. The summed E-state index contributed by atoms with van der Waals surface area (Å²) in [4.78, 5) is 0. The number of halogens is 3. The van der Waals surface area contributed by atoms with Crippen molar-refractivity contribution in [1.29, 1.82) is 0 Å². The van der Waals surface area contributed by atoms with Crippen molar-refractivity contribution in [3.05, 3.63) is 35.4 Å². The molecule has 1 aliphatic heterocycles. The van der Waals surface area contributed by atoms with Gasteiger partial charge in [-0.05, 0) is 48.4 Å². The summed E-state index contributed by atoms with van der Waals surface area (Å²) in [5.41, 5.74) is 0.126. The van der Waals surface area contributed by atoms with Gasteiger partial charge >= 0.3 is 6.18 Å². The number of nitrogens with one attached hydrogen (secondary N) is 1. The van der Waals surface area contributed by atoms with Gasteiger partial charge in [-0.25, -0.2) is 0 Å². The van der Waals surface area contributed by atoms with Crippen LogP contribution < -0.4 is 5.32 Å². The van der Waals surface area contributed by atoms with Crippen LogP contribution in [0.3, 0.4) is 0 Å². The molecule has 0 saturated carbocycles. The molecule has 2 rings (SSSR count). The first-order valence-electron chi connectivity index (χ1n) is 6.50. The Morgan fingerprint density at radius 1 is 1.21 bits per heavy atom. The van der Waals surface area contributed by atoms with Crippen molar-refractivity contribution in [1.82, 2.24) is 5.32 Å². The first-order valence-corrected chi connectivity index (χ1v) is 7.66. The highest BCUT2D eigenvalue weighted by Crippen LogP contribution is 2.29. The lowest BCUT2D eigenvalue weighted by Crippen LogP contribution is -2.25. The third-order valence-corrected chi connectivity index (χ3v) is 4.41. The largest absolute Gasteiger partial charge is 0.416 e. The second kappa shape index (κ2) is 6.66. The van der Waals surface area contributed by atoms with Crippen LogP contribution in [0.4, 0.5) is 13.2 Å². The summed E-state index contributed by atoms with van der Waals surface area (Å²) in [5.74, 6) is 3.08. The lowest BCUT2D eigenvalue weighted by atomic mass is 10.0. The van der Waals surface area contributed by atoms with E-state index in [1.807, 2.05) is 11.8 Å². The van der Waals surface area contributed by atoms with Gasteiger partial charge in [-0.3, -0.25) is 0 Å². The third kappa shape index (κ3) is 4.73. The Balaban J connectivity index is 1.82. The van der Waals surface area contributed by atoms with E-state index in [0.29, 0.717) is 18.0 Å². The molecule has 19 heavy (non-hydrogen) atoms. The second-order valence-electron chi connectivity index (χ2n) is 4.88. The van der Waals surface area contributed by atoms with E-state index in [4.69, 9.17) is 0 Å². The maximum atomic E-state index is 12.6. The second-order valence-corrected chi connectivity index (χ2v) is 6.11. The highest BCUT2D eigenvalue weighted by Gasteiger charge is 2.30. The molecular formula is C14H18F3NS. The van der Waals surface area contributed by atoms with Gasteiger partial charge in [0.1, 0.15) is 0 Å². The molecule has 106 valence electrons. The quantitative estimate of drug-likeness (QED) is 0.901. The molecule has 1 nitrogen and oxygen atoms in total.